The minimum Gasteiger partial charge on any atom is -0.480 e. The molecule has 156 valence electrons. The minimum absolute atomic E-state index is 0.130. The van der Waals surface area contributed by atoms with Crippen molar-refractivity contribution in [2.45, 2.75) is 19.1 Å². The van der Waals surface area contributed by atoms with E-state index in [1.807, 2.05) is 30.3 Å². The summed E-state index contributed by atoms with van der Waals surface area (Å²) in [5.74, 6) is -0.133. The van der Waals surface area contributed by atoms with Crippen LogP contribution in [0.1, 0.15) is 18.5 Å². The first-order valence-corrected chi connectivity index (χ1v) is 10.6. The second-order valence-electron chi connectivity index (χ2n) is 7.41. The van der Waals surface area contributed by atoms with Crippen LogP contribution >= 0.6 is 15.9 Å². The maximum absolute atomic E-state index is 13.3. The van der Waals surface area contributed by atoms with Crippen molar-refractivity contribution >= 4 is 21.8 Å². The van der Waals surface area contributed by atoms with Crippen LogP contribution in [0.2, 0.25) is 0 Å². The van der Waals surface area contributed by atoms with Crippen LogP contribution in [0, 0.1) is 5.82 Å². The Bertz CT molecular complexity index is 813. The van der Waals surface area contributed by atoms with E-state index in [0.717, 1.165) is 38.3 Å². The molecule has 5 nitrogen and oxygen atoms in total. The number of nitrogens with one attached hydrogen (secondary N) is 1. The normalized spacial score (nSPS) is 17.5. The van der Waals surface area contributed by atoms with E-state index in [4.69, 9.17) is 4.74 Å². The van der Waals surface area contributed by atoms with Gasteiger partial charge in [-0.05, 0) is 53.7 Å². The lowest BCUT2D eigenvalue weighted by Gasteiger charge is -2.35. The number of hydrogen-bond donors (Lipinski definition) is 1. The Balaban J connectivity index is 1.66. The summed E-state index contributed by atoms with van der Waals surface area (Å²) in [5, 5.41) is 3.13. The van der Waals surface area contributed by atoms with Gasteiger partial charge in [-0.15, -0.1) is 0 Å². The highest BCUT2D eigenvalue weighted by Crippen LogP contribution is 2.26. The van der Waals surface area contributed by atoms with E-state index in [1.165, 1.54) is 18.2 Å². The van der Waals surface area contributed by atoms with Gasteiger partial charge >= 0.3 is 0 Å². The molecule has 1 aliphatic heterocycles. The molecule has 2 unspecified atom stereocenters. The summed E-state index contributed by atoms with van der Waals surface area (Å²) in [6, 6.07) is 14.0. The highest BCUT2D eigenvalue weighted by atomic mass is 79.9. The first-order chi connectivity index (χ1) is 13.9. The fourth-order valence-electron chi connectivity index (χ4n) is 3.31. The standard InChI is InChI=1S/C22H27BrFN3O2/c1-16(29-21-9-8-18(24)14-19(21)23)22(28)25-20(17-6-4-3-5-7-17)15-27-12-10-26(2)11-13-27/h3-9,14,16,20H,10-13,15H2,1-2H3,(H,25,28). The second kappa shape index (κ2) is 10.2. The Morgan fingerprint density at radius 3 is 2.52 bits per heavy atom. The van der Waals surface area contributed by atoms with Crippen molar-refractivity contribution in [3.05, 3.63) is 64.4 Å². The van der Waals surface area contributed by atoms with E-state index in [9.17, 15) is 9.18 Å². The molecule has 1 heterocycles. The molecule has 1 saturated heterocycles. The van der Waals surface area contributed by atoms with Gasteiger partial charge in [-0.2, -0.15) is 0 Å². The Morgan fingerprint density at radius 2 is 1.86 bits per heavy atom. The molecule has 0 aromatic heterocycles. The average Bonchev–Trinajstić information content (AvgIpc) is 2.71. The maximum Gasteiger partial charge on any atom is 0.261 e. The summed E-state index contributed by atoms with van der Waals surface area (Å²) in [5.41, 5.74) is 1.06. The van der Waals surface area contributed by atoms with Gasteiger partial charge in [0, 0.05) is 32.7 Å². The highest BCUT2D eigenvalue weighted by Gasteiger charge is 2.24. The van der Waals surface area contributed by atoms with Gasteiger partial charge in [0.05, 0.1) is 10.5 Å². The monoisotopic (exact) mass is 463 g/mol. The predicted molar refractivity (Wildman–Crippen MR) is 115 cm³/mol. The molecule has 0 spiro atoms. The lowest BCUT2D eigenvalue weighted by atomic mass is 10.1. The number of benzene rings is 2. The van der Waals surface area contributed by atoms with Crippen LogP contribution in [-0.4, -0.2) is 61.6 Å². The number of rotatable bonds is 7. The number of piperazine rings is 1. The zero-order valence-electron chi connectivity index (χ0n) is 16.8. The number of hydrogen-bond acceptors (Lipinski definition) is 4. The van der Waals surface area contributed by atoms with Crippen molar-refractivity contribution in [3.63, 3.8) is 0 Å². The lowest BCUT2D eigenvalue weighted by Crippen LogP contribution is -2.49. The molecule has 1 N–H and O–H groups in total. The molecular weight excluding hydrogens is 437 g/mol. The first-order valence-electron chi connectivity index (χ1n) is 9.80. The van der Waals surface area contributed by atoms with Gasteiger partial charge in [-0.3, -0.25) is 9.69 Å². The molecule has 0 aliphatic carbocycles. The fraction of sp³-hybridized carbons (Fsp3) is 0.409. The molecule has 2 aromatic rings. The van der Waals surface area contributed by atoms with Gasteiger partial charge in [-0.25, -0.2) is 4.39 Å². The van der Waals surface area contributed by atoms with Crippen LogP contribution in [0.3, 0.4) is 0 Å². The molecule has 2 atom stereocenters. The first kappa shape index (κ1) is 21.7. The summed E-state index contributed by atoms with van der Waals surface area (Å²) >= 11 is 3.28. The van der Waals surface area contributed by atoms with E-state index >= 15 is 0 Å². The van der Waals surface area contributed by atoms with E-state index in [2.05, 4.69) is 38.1 Å². The second-order valence-corrected chi connectivity index (χ2v) is 8.26. The summed E-state index contributed by atoms with van der Waals surface area (Å²) in [6.07, 6.45) is -0.713. The van der Waals surface area contributed by atoms with Gasteiger partial charge < -0.3 is 15.0 Å². The number of carbonyl (C=O) groups is 1. The molecular formula is C22H27BrFN3O2. The zero-order valence-corrected chi connectivity index (χ0v) is 18.4. The number of amides is 1. The molecule has 0 bridgehead atoms. The van der Waals surface area contributed by atoms with Crippen LogP contribution in [0.5, 0.6) is 5.75 Å². The molecule has 7 heteroatoms. The van der Waals surface area contributed by atoms with Gasteiger partial charge in [0.2, 0.25) is 0 Å². The van der Waals surface area contributed by atoms with Crippen LogP contribution in [0.15, 0.2) is 53.0 Å². The molecule has 3 rings (SSSR count). The molecule has 29 heavy (non-hydrogen) atoms. The molecule has 2 aromatic carbocycles. The van der Waals surface area contributed by atoms with Crippen molar-refractivity contribution < 1.29 is 13.9 Å². The van der Waals surface area contributed by atoms with Crippen molar-refractivity contribution in [1.29, 1.82) is 0 Å². The Morgan fingerprint density at radius 1 is 1.17 bits per heavy atom. The minimum atomic E-state index is -0.713. The van der Waals surface area contributed by atoms with Crippen LogP contribution < -0.4 is 10.1 Å². The van der Waals surface area contributed by atoms with Crippen LogP contribution in [0.25, 0.3) is 0 Å². The smallest absolute Gasteiger partial charge is 0.261 e. The van der Waals surface area contributed by atoms with E-state index in [1.54, 1.807) is 6.92 Å². The van der Waals surface area contributed by atoms with Crippen LogP contribution in [0.4, 0.5) is 4.39 Å². The predicted octanol–water partition coefficient (Wildman–Crippen LogP) is 3.46. The number of nitrogens with zero attached hydrogens (tertiary/aromatic N) is 2. The summed E-state index contributed by atoms with van der Waals surface area (Å²) in [7, 11) is 2.13. The largest absolute Gasteiger partial charge is 0.480 e. The van der Waals surface area contributed by atoms with Gasteiger partial charge in [0.15, 0.2) is 6.10 Å². The Labute approximate surface area is 180 Å². The maximum atomic E-state index is 13.3. The van der Waals surface area contributed by atoms with Crippen molar-refractivity contribution in [1.82, 2.24) is 15.1 Å². The molecule has 1 amide bonds. The third-order valence-electron chi connectivity index (χ3n) is 5.12. The molecule has 1 fully saturated rings. The molecule has 0 saturated carbocycles. The lowest BCUT2D eigenvalue weighted by molar-refractivity contribution is -0.128. The highest BCUT2D eigenvalue weighted by molar-refractivity contribution is 9.10. The van der Waals surface area contributed by atoms with Gasteiger partial charge in [0.1, 0.15) is 11.6 Å². The Hall–Kier alpha value is -1.96. The SMILES string of the molecule is CC(Oc1ccc(F)cc1Br)C(=O)NC(CN1CCN(C)CC1)c1ccccc1. The number of carbonyl (C=O) groups excluding carboxylic acids is 1. The molecule has 0 radical (unpaired) electrons. The third-order valence-corrected chi connectivity index (χ3v) is 5.74. The fourth-order valence-corrected chi connectivity index (χ4v) is 3.76. The Kier molecular flexibility index (Phi) is 7.64. The van der Waals surface area contributed by atoms with Gasteiger partial charge in [0.25, 0.3) is 5.91 Å². The number of ether oxygens (including phenoxy) is 1. The molecule has 1 aliphatic rings. The number of likely N-dealkylation sites (N-methyl/N-ethyl adjacent to an activating group) is 1. The van der Waals surface area contributed by atoms with E-state index in [0.29, 0.717) is 10.2 Å². The zero-order chi connectivity index (χ0) is 20.8. The van der Waals surface area contributed by atoms with E-state index < -0.39 is 6.10 Å². The average molecular weight is 464 g/mol. The van der Waals surface area contributed by atoms with Gasteiger partial charge in [-0.1, -0.05) is 30.3 Å². The van der Waals surface area contributed by atoms with E-state index in [-0.39, 0.29) is 17.8 Å². The van der Waals surface area contributed by atoms with Crippen molar-refractivity contribution in [3.8, 4) is 5.75 Å². The van der Waals surface area contributed by atoms with Crippen molar-refractivity contribution in [2.75, 3.05) is 39.8 Å². The van der Waals surface area contributed by atoms with Crippen LogP contribution in [-0.2, 0) is 4.79 Å². The summed E-state index contributed by atoms with van der Waals surface area (Å²) in [4.78, 5) is 17.5. The summed E-state index contributed by atoms with van der Waals surface area (Å²) < 4.78 is 19.5. The third kappa shape index (κ3) is 6.26. The quantitative estimate of drug-likeness (QED) is 0.682. The topological polar surface area (TPSA) is 44.8 Å². The number of halogens is 2. The van der Waals surface area contributed by atoms with Crippen molar-refractivity contribution in [2.24, 2.45) is 0 Å². The summed E-state index contributed by atoms with van der Waals surface area (Å²) in [6.45, 7) is 6.44.